The van der Waals surface area contributed by atoms with Gasteiger partial charge in [-0.1, -0.05) is 0 Å². The van der Waals surface area contributed by atoms with Gasteiger partial charge in [0.05, 0.1) is 13.1 Å². The molecule has 2 heterocycles. The van der Waals surface area contributed by atoms with Crippen LogP contribution >= 0.6 is 46.7 Å². The molecule has 0 unspecified atom stereocenters. The number of halogens is 1. The average Bonchev–Trinajstić information content (AvgIpc) is 3.04. The molecule has 0 amide bonds. The zero-order valence-corrected chi connectivity index (χ0v) is 15.5. The first-order valence-corrected chi connectivity index (χ1v) is 7.98. The van der Waals surface area contributed by atoms with Crippen LogP contribution in [0.5, 0.6) is 0 Å². The molecule has 2 aromatic rings. The summed E-state index contributed by atoms with van der Waals surface area (Å²) in [6.45, 7) is 6.41. The van der Waals surface area contributed by atoms with Gasteiger partial charge in [-0.15, -0.1) is 35.3 Å². The quantitative estimate of drug-likeness (QED) is 0.441. The zero-order valence-electron chi connectivity index (χ0n) is 11.5. The third-order valence-corrected chi connectivity index (χ3v) is 4.07. The molecule has 0 aliphatic heterocycles. The minimum atomic E-state index is 0. The van der Waals surface area contributed by atoms with E-state index in [2.05, 4.69) is 51.3 Å². The van der Waals surface area contributed by atoms with E-state index in [1.54, 1.807) is 22.7 Å². The van der Waals surface area contributed by atoms with Crippen LogP contribution in [0.25, 0.3) is 0 Å². The summed E-state index contributed by atoms with van der Waals surface area (Å²) in [4.78, 5) is 10.1. The van der Waals surface area contributed by atoms with Crippen LogP contribution in [0, 0.1) is 6.92 Å². The van der Waals surface area contributed by atoms with Gasteiger partial charge in [0.15, 0.2) is 5.96 Å². The third-order valence-electron chi connectivity index (χ3n) is 2.42. The second-order valence-electron chi connectivity index (χ2n) is 4.04. The number of aromatic nitrogens is 1. The minimum absolute atomic E-state index is 0. The van der Waals surface area contributed by atoms with E-state index in [0.717, 1.165) is 17.5 Å². The third kappa shape index (κ3) is 5.76. The summed E-state index contributed by atoms with van der Waals surface area (Å²) in [5, 5.41) is 11.8. The molecule has 2 N–H and O–H groups in total. The smallest absolute Gasteiger partial charge is 0.191 e. The fourth-order valence-corrected chi connectivity index (χ4v) is 2.92. The van der Waals surface area contributed by atoms with E-state index in [1.807, 2.05) is 6.20 Å². The van der Waals surface area contributed by atoms with Crippen LogP contribution in [-0.4, -0.2) is 17.5 Å². The second-order valence-corrected chi connectivity index (χ2v) is 6.14. The number of aryl methyl sites for hydroxylation is 1. The molecule has 0 aliphatic carbocycles. The molecule has 0 aromatic carbocycles. The molecule has 4 nitrogen and oxygen atoms in total. The number of hydrogen-bond acceptors (Lipinski definition) is 4. The Morgan fingerprint density at radius 1 is 1.40 bits per heavy atom. The molecule has 0 atom stereocenters. The molecule has 0 bridgehead atoms. The van der Waals surface area contributed by atoms with Crippen LogP contribution in [-0.2, 0) is 13.1 Å². The van der Waals surface area contributed by atoms with Gasteiger partial charge < -0.3 is 10.6 Å². The molecule has 7 heteroatoms. The lowest BCUT2D eigenvalue weighted by atomic mass is 10.3. The van der Waals surface area contributed by atoms with E-state index in [9.17, 15) is 0 Å². The molecule has 2 rings (SSSR count). The Labute approximate surface area is 144 Å². The summed E-state index contributed by atoms with van der Waals surface area (Å²) in [5.41, 5.74) is 1.24. The highest BCUT2D eigenvalue weighted by atomic mass is 127. The highest BCUT2D eigenvalue weighted by Crippen LogP contribution is 2.10. The van der Waals surface area contributed by atoms with Gasteiger partial charge in [-0.05, 0) is 36.2 Å². The molecule has 0 saturated heterocycles. The maximum Gasteiger partial charge on any atom is 0.191 e. The standard InChI is InChI=1S/C13H18N4S2.HI/c1-3-14-13(16-7-11-4-5-18-9-11)17-8-12-15-6-10(2)19-12;/h4-6,9H,3,7-8H2,1-2H3,(H2,14,16,17);1H. The predicted octanol–water partition coefficient (Wildman–Crippen LogP) is 3.39. The van der Waals surface area contributed by atoms with Gasteiger partial charge in [-0.3, -0.25) is 0 Å². The van der Waals surface area contributed by atoms with E-state index in [1.165, 1.54) is 10.4 Å². The van der Waals surface area contributed by atoms with Gasteiger partial charge in [-0.25, -0.2) is 9.98 Å². The van der Waals surface area contributed by atoms with Crippen molar-refractivity contribution >= 4 is 52.6 Å². The SMILES string of the molecule is CCNC(=NCc1ccsc1)NCc1ncc(C)s1.I. The first-order valence-electron chi connectivity index (χ1n) is 6.22. The van der Waals surface area contributed by atoms with Crippen molar-refractivity contribution in [3.63, 3.8) is 0 Å². The number of thiophene rings is 1. The predicted molar refractivity (Wildman–Crippen MR) is 98.2 cm³/mol. The van der Waals surface area contributed by atoms with Gasteiger partial charge in [-0.2, -0.15) is 11.3 Å². The van der Waals surface area contributed by atoms with Gasteiger partial charge in [0.25, 0.3) is 0 Å². The van der Waals surface area contributed by atoms with Gasteiger partial charge in [0, 0.05) is 17.6 Å². The normalized spacial score (nSPS) is 11.0. The number of rotatable bonds is 5. The largest absolute Gasteiger partial charge is 0.357 e. The molecule has 0 aliphatic rings. The molecule has 20 heavy (non-hydrogen) atoms. The summed E-state index contributed by atoms with van der Waals surface area (Å²) < 4.78 is 0. The Balaban J connectivity index is 0.00000200. The Morgan fingerprint density at radius 2 is 2.25 bits per heavy atom. The van der Waals surface area contributed by atoms with Crippen molar-refractivity contribution in [3.8, 4) is 0 Å². The first kappa shape index (κ1) is 17.4. The summed E-state index contributed by atoms with van der Waals surface area (Å²) >= 11 is 3.41. The zero-order chi connectivity index (χ0) is 13.5. The van der Waals surface area contributed by atoms with Crippen molar-refractivity contribution in [2.45, 2.75) is 26.9 Å². The van der Waals surface area contributed by atoms with E-state index in [4.69, 9.17) is 0 Å². The molecular weight excluding hydrogens is 403 g/mol. The van der Waals surface area contributed by atoms with E-state index >= 15 is 0 Å². The summed E-state index contributed by atoms with van der Waals surface area (Å²) in [6.07, 6.45) is 1.90. The Morgan fingerprint density at radius 3 is 2.85 bits per heavy atom. The fraction of sp³-hybridized carbons (Fsp3) is 0.385. The lowest BCUT2D eigenvalue weighted by molar-refractivity contribution is 0.812. The van der Waals surface area contributed by atoms with Crippen LogP contribution in [0.1, 0.15) is 22.4 Å². The van der Waals surface area contributed by atoms with Crippen molar-refractivity contribution in [2.24, 2.45) is 4.99 Å². The van der Waals surface area contributed by atoms with E-state index in [-0.39, 0.29) is 24.0 Å². The monoisotopic (exact) mass is 422 g/mol. The number of guanidine groups is 1. The lowest BCUT2D eigenvalue weighted by Crippen LogP contribution is -2.36. The molecular formula is C13H19IN4S2. The maximum absolute atomic E-state index is 4.56. The maximum atomic E-state index is 4.56. The summed E-state index contributed by atoms with van der Waals surface area (Å²) in [5.74, 6) is 0.835. The van der Waals surface area contributed by atoms with Crippen molar-refractivity contribution in [1.82, 2.24) is 15.6 Å². The van der Waals surface area contributed by atoms with Crippen molar-refractivity contribution in [3.05, 3.63) is 38.5 Å². The Hall–Kier alpha value is -0.670. The number of nitrogens with zero attached hydrogens (tertiary/aromatic N) is 2. The summed E-state index contributed by atoms with van der Waals surface area (Å²) in [7, 11) is 0. The first-order chi connectivity index (χ1) is 9.28. The van der Waals surface area contributed by atoms with E-state index in [0.29, 0.717) is 13.1 Å². The lowest BCUT2D eigenvalue weighted by Gasteiger charge is -2.09. The Kier molecular flexibility index (Phi) is 8.08. The number of hydrogen-bond donors (Lipinski definition) is 2. The molecule has 0 fully saturated rings. The van der Waals surface area contributed by atoms with Crippen LogP contribution < -0.4 is 10.6 Å². The minimum Gasteiger partial charge on any atom is -0.357 e. The highest BCUT2D eigenvalue weighted by molar-refractivity contribution is 14.0. The topological polar surface area (TPSA) is 49.3 Å². The molecule has 0 saturated carbocycles. The summed E-state index contributed by atoms with van der Waals surface area (Å²) in [6, 6.07) is 2.10. The molecule has 0 radical (unpaired) electrons. The average molecular weight is 422 g/mol. The van der Waals surface area contributed by atoms with Gasteiger partial charge >= 0.3 is 0 Å². The van der Waals surface area contributed by atoms with Crippen LogP contribution in [0.2, 0.25) is 0 Å². The van der Waals surface area contributed by atoms with Crippen LogP contribution in [0.15, 0.2) is 28.0 Å². The van der Waals surface area contributed by atoms with Crippen molar-refractivity contribution in [2.75, 3.05) is 6.54 Å². The van der Waals surface area contributed by atoms with Crippen LogP contribution in [0.4, 0.5) is 0 Å². The number of aliphatic imine (C=N–C) groups is 1. The molecule has 2 aromatic heterocycles. The fourth-order valence-electron chi connectivity index (χ4n) is 1.54. The highest BCUT2D eigenvalue weighted by Gasteiger charge is 2.01. The second kappa shape index (κ2) is 9.30. The Bertz CT molecular complexity index is 522. The van der Waals surface area contributed by atoms with Crippen LogP contribution in [0.3, 0.4) is 0 Å². The van der Waals surface area contributed by atoms with E-state index < -0.39 is 0 Å². The van der Waals surface area contributed by atoms with Crippen molar-refractivity contribution < 1.29 is 0 Å². The van der Waals surface area contributed by atoms with Crippen molar-refractivity contribution in [1.29, 1.82) is 0 Å². The number of thiazole rings is 1. The molecule has 0 spiro atoms. The number of nitrogens with one attached hydrogen (secondary N) is 2. The molecule has 110 valence electrons. The van der Waals surface area contributed by atoms with Gasteiger partial charge in [0.2, 0.25) is 0 Å². The van der Waals surface area contributed by atoms with Gasteiger partial charge in [0.1, 0.15) is 5.01 Å².